The van der Waals surface area contributed by atoms with Crippen LogP contribution in [0, 0.1) is 0 Å². The lowest BCUT2D eigenvalue weighted by molar-refractivity contribution is -0.118. The first kappa shape index (κ1) is 22.9. The van der Waals surface area contributed by atoms with Crippen LogP contribution >= 0.6 is 23.4 Å². The molecule has 1 amide bonds. The van der Waals surface area contributed by atoms with Crippen molar-refractivity contribution in [2.75, 3.05) is 5.75 Å². The molecule has 8 heteroatoms. The van der Waals surface area contributed by atoms with Crippen molar-refractivity contribution in [1.29, 1.82) is 0 Å². The molecule has 4 rings (SSSR count). The summed E-state index contributed by atoms with van der Waals surface area (Å²) in [5.41, 5.74) is 7.06. The van der Waals surface area contributed by atoms with Gasteiger partial charge in [-0.05, 0) is 60.0 Å². The van der Waals surface area contributed by atoms with Gasteiger partial charge in [0.1, 0.15) is 5.75 Å². The number of imidazole rings is 1. The summed E-state index contributed by atoms with van der Waals surface area (Å²) in [6, 6.07) is 22.3. The number of halogens is 1. The van der Waals surface area contributed by atoms with Gasteiger partial charge in [-0.1, -0.05) is 60.6 Å². The maximum absolute atomic E-state index is 12.5. The largest absolute Gasteiger partial charge is 0.508 e. The number of hydrazone groups is 1. The predicted octanol–water partition coefficient (Wildman–Crippen LogP) is 5.47. The second-order valence-corrected chi connectivity index (χ2v) is 8.69. The minimum atomic E-state index is -0.221. The van der Waals surface area contributed by atoms with E-state index in [4.69, 9.17) is 16.6 Å². The van der Waals surface area contributed by atoms with Gasteiger partial charge in [0.2, 0.25) is 0 Å². The molecule has 1 aromatic heterocycles. The van der Waals surface area contributed by atoms with E-state index in [1.165, 1.54) is 11.8 Å². The summed E-state index contributed by atoms with van der Waals surface area (Å²) < 4.78 is 2.08. The van der Waals surface area contributed by atoms with E-state index in [9.17, 15) is 9.90 Å². The number of benzene rings is 3. The van der Waals surface area contributed by atoms with Crippen LogP contribution in [0.25, 0.3) is 11.0 Å². The highest BCUT2D eigenvalue weighted by atomic mass is 35.5. The van der Waals surface area contributed by atoms with Crippen LogP contribution in [0.2, 0.25) is 5.02 Å². The Hall–Kier alpha value is -3.29. The lowest BCUT2D eigenvalue weighted by atomic mass is 10.1. The van der Waals surface area contributed by atoms with Gasteiger partial charge in [0.05, 0.1) is 29.0 Å². The number of aromatic hydroxyl groups is 1. The Morgan fingerprint density at radius 3 is 2.58 bits per heavy atom. The zero-order chi connectivity index (χ0) is 23.2. The second-order valence-electron chi connectivity index (χ2n) is 7.34. The van der Waals surface area contributed by atoms with E-state index in [1.807, 2.05) is 55.5 Å². The molecule has 0 saturated carbocycles. The molecule has 0 aliphatic carbocycles. The zero-order valence-electron chi connectivity index (χ0n) is 18.0. The van der Waals surface area contributed by atoms with Crippen molar-refractivity contribution in [3.63, 3.8) is 0 Å². The van der Waals surface area contributed by atoms with Crippen molar-refractivity contribution in [3.05, 3.63) is 88.9 Å². The lowest BCUT2D eigenvalue weighted by Crippen LogP contribution is -2.22. The van der Waals surface area contributed by atoms with Gasteiger partial charge >= 0.3 is 0 Å². The van der Waals surface area contributed by atoms with Crippen LogP contribution in [0.3, 0.4) is 0 Å². The Morgan fingerprint density at radius 1 is 1.09 bits per heavy atom. The van der Waals surface area contributed by atoms with E-state index < -0.39 is 0 Å². The number of hydrogen-bond acceptors (Lipinski definition) is 5. The van der Waals surface area contributed by atoms with Crippen LogP contribution in [0.1, 0.15) is 24.5 Å². The number of nitrogens with one attached hydrogen (secondary N) is 1. The number of amides is 1. The lowest BCUT2D eigenvalue weighted by Gasteiger charge is -2.10. The summed E-state index contributed by atoms with van der Waals surface area (Å²) in [6.45, 7) is 2.52. The Morgan fingerprint density at radius 2 is 1.82 bits per heavy atom. The first-order chi connectivity index (χ1) is 16.0. The van der Waals surface area contributed by atoms with Gasteiger partial charge in [-0.15, -0.1) is 0 Å². The molecule has 1 heterocycles. The molecule has 6 nitrogen and oxygen atoms in total. The highest BCUT2D eigenvalue weighted by molar-refractivity contribution is 7.99. The molecule has 0 saturated heterocycles. The SMILES string of the molecule is CC/C(=N/NC(=O)CSc1nc2ccccc2n1Cc1ccccc1Cl)c1ccc(O)cc1. The van der Waals surface area contributed by atoms with Gasteiger partial charge in [-0.3, -0.25) is 4.79 Å². The van der Waals surface area contributed by atoms with Crippen LogP contribution in [0.4, 0.5) is 0 Å². The summed E-state index contributed by atoms with van der Waals surface area (Å²) in [7, 11) is 0. The van der Waals surface area contributed by atoms with E-state index in [-0.39, 0.29) is 17.4 Å². The molecule has 2 N–H and O–H groups in total. The van der Waals surface area contributed by atoms with Crippen molar-refractivity contribution in [1.82, 2.24) is 15.0 Å². The van der Waals surface area contributed by atoms with Gasteiger partial charge in [0.25, 0.3) is 5.91 Å². The number of carbonyl (C=O) groups is 1. The number of aromatic nitrogens is 2. The molecular weight excluding hydrogens is 456 g/mol. The Kier molecular flexibility index (Phi) is 7.32. The smallest absolute Gasteiger partial charge is 0.250 e. The fraction of sp³-hybridized carbons (Fsp3) is 0.160. The van der Waals surface area contributed by atoms with Crippen LogP contribution in [-0.4, -0.2) is 32.0 Å². The molecule has 168 valence electrons. The van der Waals surface area contributed by atoms with E-state index in [2.05, 4.69) is 15.1 Å². The third kappa shape index (κ3) is 5.56. The number of rotatable bonds is 8. The Balaban J connectivity index is 1.49. The van der Waals surface area contributed by atoms with Crippen LogP contribution in [-0.2, 0) is 11.3 Å². The summed E-state index contributed by atoms with van der Waals surface area (Å²) in [4.78, 5) is 17.2. The van der Waals surface area contributed by atoms with Gasteiger partial charge in [-0.2, -0.15) is 5.10 Å². The molecule has 0 radical (unpaired) electrons. The first-order valence-corrected chi connectivity index (χ1v) is 11.9. The van der Waals surface area contributed by atoms with Gasteiger partial charge in [-0.25, -0.2) is 10.4 Å². The third-order valence-electron chi connectivity index (χ3n) is 5.09. The van der Waals surface area contributed by atoms with Crippen LogP contribution < -0.4 is 5.43 Å². The average Bonchev–Trinajstić information content (AvgIpc) is 3.18. The highest BCUT2D eigenvalue weighted by Gasteiger charge is 2.14. The summed E-state index contributed by atoms with van der Waals surface area (Å²) in [5, 5.41) is 15.2. The maximum Gasteiger partial charge on any atom is 0.250 e. The quantitative estimate of drug-likeness (QED) is 0.200. The minimum Gasteiger partial charge on any atom is -0.508 e. The maximum atomic E-state index is 12.5. The third-order valence-corrected chi connectivity index (χ3v) is 6.43. The van der Waals surface area contributed by atoms with Gasteiger partial charge in [0, 0.05) is 5.02 Å². The Bertz CT molecular complexity index is 1300. The van der Waals surface area contributed by atoms with Crippen molar-refractivity contribution < 1.29 is 9.90 Å². The van der Waals surface area contributed by atoms with Gasteiger partial charge in [0.15, 0.2) is 5.16 Å². The number of phenols is 1. The summed E-state index contributed by atoms with van der Waals surface area (Å²) in [5.74, 6) is 0.137. The predicted molar refractivity (Wildman–Crippen MR) is 134 cm³/mol. The first-order valence-electron chi connectivity index (χ1n) is 10.5. The van der Waals surface area contributed by atoms with E-state index in [1.54, 1.807) is 24.3 Å². The number of carbonyl (C=O) groups excluding carboxylic acids is 1. The van der Waals surface area contributed by atoms with Crippen molar-refractivity contribution in [3.8, 4) is 5.75 Å². The highest BCUT2D eigenvalue weighted by Crippen LogP contribution is 2.27. The summed E-state index contributed by atoms with van der Waals surface area (Å²) in [6.07, 6.45) is 0.645. The fourth-order valence-corrected chi connectivity index (χ4v) is 4.41. The fourth-order valence-electron chi connectivity index (χ4n) is 3.41. The number of nitrogens with zero attached hydrogens (tertiary/aromatic N) is 3. The molecule has 0 aliphatic heterocycles. The van der Waals surface area contributed by atoms with E-state index in [0.29, 0.717) is 18.0 Å². The molecule has 3 aromatic carbocycles. The molecule has 0 bridgehead atoms. The molecule has 33 heavy (non-hydrogen) atoms. The molecular formula is C25H23ClN4O2S. The second kappa shape index (κ2) is 10.6. The number of para-hydroxylation sites is 2. The number of thioether (sulfide) groups is 1. The number of phenolic OH excluding ortho intramolecular Hbond substituents is 1. The standard InChI is InChI=1S/C25H23ClN4O2S/c1-2-21(17-11-13-19(31)14-12-17)28-29-24(32)16-33-25-27-22-9-5-6-10-23(22)30(25)15-18-7-3-4-8-20(18)26/h3-14,31H,2,15-16H2,1H3,(H,29,32)/b28-21-. The average molecular weight is 479 g/mol. The topological polar surface area (TPSA) is 79.5 Å². The van der Waals surface area contributed by atoms with Crippen LogP contribution in [0.15, 0.2) is 83.1 Å². The van der Waals surface area contributed by atoms with Crippen LogP contribution in [0.5, 0.6) is 5.75 Å². The molecule has 4 aromatic rings. The zero-order valence-corrected chi connectivity index (χ0v) is 19.6. The molecule has 0 atom stereocenters. The normalized spacial score (nSPS) is 11.6. The monoisotopic (exact) mass is 478 g/mol. The molecule has 0 fully saturated rings. The van der Waals surface area contributed by atoms with Crippen molar-refractivity contribution in [2.24, 2.45) is 5.10 Å². The summed E-state index contributed by atoms with van der Waals surface area (Å²) >= 11 is 7.74. The van der Waals surface area contributed by atoms with E-state index >= 15 is 0 Å². The van der Waals surface area contributed by atoms with Crippen molar-refractivity contribution >= 4 is 46.0 Å². The minimum absolute atomic E-state index is 0.169. The Labute approximate surface area is 201 Å². The molecule has 0 unspecified atom stereocenters. The molecule has 0 spiro atoms. The number of fused-ring (bicyclic) bond motifs is 1. The van der Waals surface area contributed by atoms with E-state index in [0.717, 1.165) is 33.0 Å². The van der Waals surface area contributed by atoms with Crippen molar-refractivity contribution in [2.45, 2.75) is 25.0 Å². The number of hydrogen-bond donors (Lipinski definition) is 2. The molecule has 0 aliphatic rings. The van der Waals surface area contributed by atoms with Gasteiger partial charge < -0.3 is 9.67 Å².